The first-order valence-corrected chi connectivity index (χ1v) is 11.8. The third-order valence-corrected chi connectivity index (χ3v) is 6.64. The molecule has 31 heavy (non-hydrogen) atoms. The molecule has 3 rings (SSSR count). The molecule has 1 heterocycles. The summed E-state index contributed by atoms with van der Waals surface area (Å²) in [6.45, 7) is 1.60. The van der Waals surface area contributed by atoms with Crippen molar-refractivity contribution in [2.24, 2.45) is 5.14 Å². The van der Waals surface area contributed by atoms with Crippen LogP contribution in [0.25, 0.3) is 0 Å². The zero-order chi connectivity index (χ0) is 22.8. The highest BCUT2D eigenvalue weighted by Crippen LogP contribution is 2.24. The second kappa shape index (κ2) is 8.55. The van der Waals surface area contributed by atoms with Gasteiger partial charge in [-0.05, 0) is 49.9 Å². The van der Waals surface area contributed by atoms with Crippen LogP contribution in [-0.2, 0) is 20.0 Å². The van der Waals surface area contributed by atoms with E-state index in [1.165, 1.54) is 31.3 Å². The number of anilines is 4. The minimum atomic E-state index is -3.93. The van der Waals surface area contributed by atoms with Crippen molar-refractivity contribution in [1.29, 1.82) is 0 Å². The van der Waals surface area contributed by atoms with Gasteiger partial charge in [-0.1, -0.05) is 12.1 Å². The number of rotatable bonds is 7. The molecule has 13 heteroatoms. The van der Waals surface area contributed by atoms with Crippen LogP contribution >= 0.6 is 0 Å². The van der Waals surface area contributed by atoms with E-state index in [2.05, 4.69) is 25.3 Å². The van der Waals surface area contributed by atoms with Crippen LogP contribution in [0.3, 0.4) is 0 Å². The second-order valence-electron chi connectivity index (χ2n) is 6.40. The van der Waals surface area contributed by atoms with Crippen LogP contribution in [0.2, 0.25) is 0 Å². The highest BCUT2D eigenvalue weighted by atomic mass is 32.2. The van der Waals surface area contributed by atoms with E-state index in [0.717, 1.165) is 6.20 Å². The Morgan fingerprint density at radius 3 is 2.39 bits per heavy atom. The van der Waals surface area contributed by atoms with Gasteiger partial charge in [-0.2, -0.15) is 4.98 Å². The fraction of sp³-hybridized carbons (Fsp3) is 0.111. The lowest BCUT2D eigenvalue weighted by Crippen LogP contribution is -2.18. The Bertz CT molecular complexity index is 1350. The van der Waals surface area contributed by atoms with Crippen LogP contribution in [0.4, 0.5) is 27.5 Å². The molecule has 0 bridgehead atoms. The molecule has 5 N–H and O–H groups in total. The van der Waals surface area contributed by atoms with E-state index in [1.807, 2.05) is 0 Å². The van der Waals surface area contributed by atoms with E-state index < -0.39 is 25.9 Å². The van der Waals surface area contributed by atoms with Gasteiger partial charge in [-0.15, -0.1) is 0 Å². The van der Waals surface area contributed by atoms with Crippen molar-refractivity contribution in [1.82, 2.24) is 14.7 Å². The van der Waals surface area contributed by atoms with E-state index in [-0.39, 0.29) is 27.2 Å². The van der Waals surface area contributed by atoms with Crippen LogP contribution in [-0.4, -0.2) is 33.9 Å². The Balaban J connectivity index is 1.89. The number of halogens is 1. The van der Waals surface area contributed by atoms with E-state index in [1.54, 1.807) is 25.1 Å². The summed E-state index contributed by atoms with van der Waals surface area (Å²) in [5.41, 5.74) is 1.08. The molecule has 0 amide bonds. The summed E-state index contributed by atoms with van der Waals surface area (Å²) < 4.78 is 63.7. The third kappa shape index (κ3) is 5.32. The molecule has 10 nitrogen and oxygen atoms in total. The van der Waals surface area contributed by atoms with E-state index in [9.17, 15) is 21.2 Å². The smallest absolute Gasteiger partial charge is 0.240 e. The summed E-state index contributed by atoms with van der Waals surface area (Å²) in [7, 11) is -6.33. The van der Waals surface area contributed by atoms with E-state index in [0.29, 0.717) is 11.3 Å². The molecular weight excluding hydrogens is 447 g/mol. The van der Waals surface area contributed by atoms with Crippen LogP contribution < -0.4 is 20.5 Å². The molecule has 2 aromatic carbocycles. The molecule has 0 spiro atoms. The first-order chi connectivity index (χ1) is 14.5. The average molecular weight is 467 g/mol. The number of hydrogen-bond acceptors (Lipinski definition) is 8. The normalized spacial score (nSPS) is 11.9. The highest BCUT2D eigenvalue weighted by molar-refractivity contribution is 7.89. The van der Waals surface area contributed by atoms with Gasteiger partial charge < -0.3 is 10.6 Å². The number of nitrogens with one attached hydrogen (secondary N) is 3. The number of primary sulfonamides is 1. The van der Waals surface area contributed by atoms with Gasteiger partial charge >= 0.3 is 0 Å². The maximum absolute atomic E-state index is 14.2. The van der Waals surface area contributed by atoms with E-state index in [4.69, 9.17) is 5.14 Å². The van der Waals surface area contributed by atoms with Crippen molar-refractivity contribution >= 4 is 43.2 Å². The number of nitrogens with zero attached hydrogens (tertiary/aromatic N) is 2. The van der Waals surface area contributed by atoms with Gasteiger partial charge in [-0.25, -0.2) is 36.1 Å². The maximum atomic E-state index is 14.2. The number of benzene rings is 2. The van der Waals surface area contributed by atoms with Gasteiger partial charge in [-0.3, -0.25) is 0 Å². The average Bonchev–Trinajstić information content (AvgIpc) is 2.71. The number of aryl methyl sites for hydroxylation is 1. The van der Waals surface area contributed by atoms with Crippen molar-refractivity contribution in [3.05, 3.63) is 60.0 Å². The lowest BCUT2D eigenvalue weighted by Gasteiger charge is -2.12. The first kappa shape index (κ1) is 22.6. The second-order valence-corrected chi connectivity index (χ2v) is 9.82. The van der Waals surface area contributed by atoms with E-state index >= 15 is 0 Å². The molecule has 0 fully saturated rings. The van der Waals surface area contributed by atoms with Gasteiger partial charge in [0.25, 0.3) is 0 Å². The van der Waals surface area contributed by atoms with Crippen molar-refractivity contribution in [3.8, 4) is 0 Å². The number of sulfonamides is 2. The SMILES string of the molecule is CNS(=O)(=O)c1cccc(Nc2nc(Nc3ccc(C)c(S(N)(=O)=O)c3)ncc2F)c1. The molecule has 3 aromatic rings. The minimum absolute atomic E-state index is 0.0111. The van der Waals surface area contributed by atoms with Crippen LogP contribution in [0, 0.1) is 12.7 Å². The number of aromatic nitrogens is 2. The Labute approximate surface area is 178 Å². The van der Waals surface area contributed by atoms with Crippen LogP contribution in [0.1, 0.15) is 5.56 Å². The summed E-state index contributed by atoms with van der Waals surface area (Å²) in [6, 6.07) is 10.2. The zero-order valence-electron chi connectivity index (χ0n) is 16.4. The third-order valence-electron chi connectivity index (χ3n) is 4.17. The Morgan fingerprint density at radius 2 is 1.71 bits per heavy atom. The number of hydrogen-bond donors (Lipinski definition) is 4. The molecular formula is C18H19FN6O4S2. The van der Waals surface area contributed by atoms with Crippen molar-refractivity contribution in [3.63, 3.8) is 0 Å². The predicted octanol–water partition coefficient (Wildman–Crippen LogP) is 1.97. The molecule has 0 atom stereocenters. The minimum Gasteiger partial charge on any atom is -0.338 e. The van der Waals surface area contributed by atoms with Crippen molar-refractivity contribution in [2.75, 3.05) is 17.7 Å². The zero-order valence-corrected chi connectivity index (χ0v) is 18.1. The fourth-order valence-corrected chi connectivity index (χ4v) is 4.21. The summed E-state index contributed by atoms with van der Waals surface area (Å²) in [5, 5.41) is 10.7. The Hall–Kier alpha value is -3.13. The molecule has 1 aromatic heterocycles. The largest absolute Gasteiger partial charge is 0.338 e. The predicted molar refractivity (Wildman–Crippen MR) is 114 cm³/mol. The van der Waals surface area contributed by atoms with Gasteiger partial charge in [0.15, 0.2) is 11.6 Å². The molecule has 0 radical (unpaired) electrons. The molecule has 0 unspecified atom stereocenters. The van der Waals surface area contributed by atoms with Gasteiger partial charge in [0.05, 0.1) is 16.0 Å². The Kier molecular flexibility index (Phi) is 6.22. The quantitative estimate of drug-likeness (QED) is 0.412. The van der Waals surface area contributed by atoms with Gasteiger partial charge in [0, 0.05) is 11.4 Å². The topological polar surface area (TPSA) is 156 Å². The van der Waals surface area contributed by atoms with Gasteiger partial charge in [0.2, 0.25) is 26.0 Å². The highest BCUT2D eigenvalue weighted by Gasteiger charge is 2.15. The molecule has 164 valence electrons. The standard InChI is InChI=1S/C18H19FN6O4S2/c1-11-6-7-13(9-16(11)30(20,26)27)24-18-22-10-15(19)17(25-18)23-12-4-3-5-14(8-12)31(28,29)21-2/h3-10,21H,1-2H3,(H2,20,26,27)(H2,22,23,24,25). The monoisotopic (exact) mass is 466 g/mol. The van der Waals surface area contributed by atoms with Crippen LogP contribution in [0.5, 0.6) is 0 Å². The lowest BCUT2D eigenvalue weighted by atomic mass is 10.2. The summed E-state index contributed by atoms with van der Waals surface area (Å²) in [4.78, 5) is 7.79. The fourth-order valence-electron chi connectivity index (χ4n) is 2.62. The molecule has 0 saturated heterocycles. The lowest BCUT2D eigenvalue weighted by molar-refractivity contribution is 0.588. The molecule has 0 aliphatic rings. The van der Waals surface area contributed by atoms with Crippen molar-refractivity contribution in [2.45, 2.75) is 16.7 Å². The summed E-state index contributed by atoms with van der Waals surface area (Å²) in [5.74, 6) is -1.01. The summed E-state index contributed by atoms with van der Waals surface area (Å²) >= 11 is 0. The maximum Gasteiger partial charge on any atom is 0.240 e. The molecule has 0 aliphatic carbocycles. The van der Waals surface area contributed by atoms with Gasteiger partial charge in [0.1, 0.15) is 0 Å². The molecule has 0 aliphatic heterocycles. The first-order valence-electron chi connectivity index (χ1n) is 8.73. The number of nitrogens with two attached hydrogens (primary N) is 1. The van der Waals surface area contributed by atoms with Crippen LogP contribution in [0.15, 0.2) is 58.5 Å². The van der Waals surface area contributed by atoms with Crippen molar-refractivity contribution < 1.29 is 21.2 Å². The molecule has 0 saturated carbocycles. The Morgan fingerprint density at radius 1 is 1.00 bits per heavy atom. The summed E-state index contributed by atoms with van der Waals surface area (Å²) in [6.07, 6.45) is 0.917.